The second-order valence-corrected chi connectivity index (χ2v) is 8.48. The first-order valence-corrected chi connectivity index (χ1v) is 10.0. The number of carbonyl (C=O) groups excluding carboxylic acids is 1. The summed E-state index contributed by atoms with van der Waals surface area (Å²) in [5.74, 6) is 1.60. The maximum atomic E-state index is 13.3. The number of guanidine groups is 1. The van der Waals surface area contributed by atoms with Crippen molar-refractivity contribution in [3.63, 3.8) is 0 Å². The highest BCUT2D eigenvalue weighted by atomic mass is 35.5. The summed E-state index contributed by atoms with van der Waals surface area (Å²) < 4.78 is 6.30. The van der Waals surface area contributed by atoms with Crippen LogP contribution in [0.1, 0.15) is 31.2 Å². The molecule has 0 saturated heterocycles. The van der Waals surface area contributed by atoms with E-state index in [0.29, 0.717) is 17.4 Å². The maximum absolute atomic E-state index is 13.3. The molecule has 2 aromatic rings. The van der Waals surface area contributed by atoms with Gasteiger partial charge < -0.3 is 10.5 Å². The van der Waals surface area contributed by atoms with Crippen LogP contribution in [0.25, 0.3) is 11.1 Å². The fraction of sp³-hybridized carbons (Fsp3) is 0.364. The van der Waals surface area contributed by atoms with Gasteiger partial charge in [-0.15, -0.1) is 0 Å². The summed E-state index contributed by atoms with van der Waals surface area (Å²) >= 11 is 6.17. The minimum atomic E-state index is -0.999. The van der Waals surface area contributed by atoms with Crippen molar-refractivity contribution in [1.82, 2.24) is 4.90 Å². The van der Waals surface area contributed by atoms with Crippen LogP contribution < -0.4 is 10.5 Å². The molecule has 3 aliphatic rings. The van der Waals surface area contributed by atoms with Crippen LogP contribution in [0.2, 0.25) is 5.02 Å². The van der Waals surface area contributed by atoms with Crippen LogP contribution >= 0.6 is 11.6 Å². The lowest BCUT2D eigenvalue weighted by atomic mass is 9.79. The monoisotopic (exact) mass is 395 g/mol. The van der Waals surface area contributed by atoms with Crippen molar-refractivity contribution >= 4 is 23.5 Å². The van der Waals surface area contributed by atoms with E-state index in [9.17, 15) is 4.79 Å². The Bertz CT molecular complexity index is 1000. The van der Waals surface area contributed by atoms with Gasteiger partial charge in [-0.1, -0.05) is 42.6 Å². The van der Waals surface area contributed by atoms with E-state index in [0.717, 1.165) is 28.9 Å². The third-order valence-corrected chi connectivity index (χ3v) is 6.24. The summed E-state index contributed by atoms with van der Waals surface area (Å²) in [6.07, 6.45) is 3.95. The van der Waals surface area contributed by atoms with Crippen molar-refractivity contribution in [3.05, 3.63) is 53.1 Å². The molecule has 0 bridgehead atoms. The molecule has 6 heteroatoms. The van der Waals surface area contributed by atoms with E-state index in [1.807, 2.05) is 42.5 Å². The lowest BCUT2D eigenvalue weighted by Gasteiger charge is -2.37. The molecule has 1 spiro atoms. The number of halogens is 1. The number of nitrogens with zero attached hydrogens (tertiary/aromatic N) is 2. The van der Waals surface area contributed by atoms with Crippen molar-refractivity contribution in [3.8, 4) is 16.9 Å². The topological polar surface area (TPSA) is 67.9 Å². The van der Waals surface area contributed by atoms with E-state index in [-0.39, 0.29) is 18.0 Å². The van der Waals surface area contributed by atoms with Crippen molar-refractivity contribution in [2.45, 2.75) is 37.3 Å². The van der Waals surface area contributed by atoms with Crippen LogP contribution in [0.5, 0.6) is 5.75 Å². The molecule has 1 amide bonds. The molecule has 1 fully saturated rings. The Morgan fingerprint density at radius 1 is 1.25 bits per heavy atom. The molecule has 2 aromatic carbocycles. The molecule has 0 aromatic heterocycles. The number of benzene rings is 2. The van der Waals surface area contributed by atoms with Crippen LogP contribution in [0, 0.1) is 5.92 Å². The van der Waals surface area contributed by atoms with Gasteiger partial charge in [-0.05, 0) is 47.7 Å². The molecular weight excluding hydrogens is 374 g/mol. The Hall–Kier alpha value is -2.53. The fourth-order valence-corrected chi connectivity index (χ4v) is 4.52. The smallest absolute Gasteiger partial charge is 0.261 e. The summed E-state index contributed by atoms with van der Waals surface area (Å²) in [6, 6.07) is 13.6. The Morgan fingerprint density at radius 2 is 2.04 bits per heavy atom. The summed E-state index contributed by atoms with van der Waals surface area (Å²) in [6.45, 7) is 0. The van der Waals surface area contributed by atoms with Gasteiger partial charge in [0.25, 0.3) is 5.91 Å². The summed E-state index contributed by atoms with van der Waals surface area (Å²) in [5.41, 5.74) is 7.80. The number of nitrogens with two attached hydrogens (primary N) is 1. The Balaban J connectivity index is 1.63. The largest absolute Gasteiger partial charge is 0.490 e. The highest BCUT2D eigenvalue weighted by molar-refractivity contribution is 6.30. The predicted molar refractivity (Wildman–Crippen MR) is 109 cm³/mol. The number of rotatable bonds is 3. The molecule has 2 atom stereocenters. The summed E-state index contributed by atoms with van der Waals surface area (Å²) in [4.78, 5) is 19.4. The first kappa shape index (κ1) is 17.6. The lowest BCUT2D eigenvalue weighted by molar-refractivity contribution is -0.132. The highest BCUT2D eigenvalue weighted by Gasteiger charge is 2.53. The predicted octanol–water partition coefficient (Wildman–Crippen LogP) is 3.94. The second-order valence-electron chi connectivity index (χ2n) is 8.04. The molecule has 5 nitrogen and oxygen atoms in total. The molecular formula is C22H22ClN3O2. The van der Waals surface area contributed by atoms with Crippen LogP contribution in [-0.4, -0.2) is 29.9 Å². The zero-order valence-corrected chi connectivity index (χ0v) is 16.4. The third-order valence-electron chi connectivity index (χ3n) is 6.00. The van der Waals surface area contributed by atoms with Gasteiger partial charge in [-0.25, -0.2) is 4.99 Å². The molecule has 5 rings (SSSR count). The van der Waals surface area contributed by atoms with E-state index in [4.69, 9.17) is 22.1 Å². The quantitative estimate of drug-likeness (QED) is 0.855. The minimum Gasteiger partial charge on any atom is -0.490 e. The van der Waals surface area contributed by atoms with Crippen molar-refractivity contribution in [1.29, 1.82) is 0 Å². The molecule has 0 unspecified atom stereocenters. The fourth-order valence-electron chi connectivity index (χ4n) is 4.33. The first-order chi connectivity index (χ1) is 13.5. The minimum absolute atomic E-state index is 0.0241. The molecule has 2 aliphatic heterocycles. The average Bonchev–Trinajstić information content (AvgIpc) is 3.47. The lowest BCUT2D eigenvalue weighted by Crippen LogP contribution is -2.45. The van der Waals surface area contributed by atoms with Crippen LogP contribution in [0.15, 0.2) is 47.5 Å². The second kappa shape index (κ2) is 6.24. The summed E-state index contributed by atoms with van der Waals surface area (Å²) in [7, 11) is 1.68. The van der Waals surface area contributed by atoms with Gasteiger partial charge in [0.05, 0.1) is 0 Å². The van der Waals surface area contributed by atoms with Gasteiger partial charge in [0, 0.05) is 24.1 Å². The number of carbonyl (C=O) groups is 1. The number of fused-ring (bicyclic) bond motifs is 2. The van der Waals surface area contributed by atoms with Crippen LogP contribution in [0.4, 0.5) is 0 Å². The number of aliphatic imine (C=N–C) groups is 1. The number of ether oxygens (including phenoxy) is 1. The first-order valence-electron chi connectivity index (χ1n) is 9.67. The molecule has 1 aliphatic carbocycles. The number of hydrogen-bond donors (Lipinski definition) is 1. The number of amides is 1. The maximum Gasteiger partial charge on any atom is 0.261 e. The van der Waals surface area contributed by atoms with Gasteiger partial charge in [-0.3, -0.25) is 9.69 Å². The van der Waals surface area contributed by atoms with Crippen LogP contribution in [-0.2, 0) is 10.3 Å². The zero-order chi connectivity index (χ0) is 19.5. The number of likely N-dealkylation sites (N-methyl/N-ethyl adjacent to an activating group) is 1. The van der Waals surface area contributed by atoms with Crippen molar-refractivity contribution in [2.75, 3.05) is 7.05 Å². The SMILES string of the molecule is CN1C(=O)[C@@]2(C[C@H](CC3CC3)Oc3ccc(-c4cccc(Cl)c4)cc32)N=C1N. The normalized spacial score (nSPS) is 26.2. The van der Waals surface area contributed by atoms with Gasteiger partial charge >= 0.3 is 0 Å². The van der Waals surface area contributed by atoms with Crippen LogP contribution in [0.3, 0.4) is 0 Å². The summed E-state index contributed by atoms with van der Waals surface area (Å²) in [5, 5.41) is 0.671. The molecule has 28 heavy (non-hydrogen) atoms. The molecule has 2 N–H and O–H groups in total. The van der Waals surface area contributed by atoms with Gasteiger partial charge in [0.1, 0.15) is 11.9 Å². The molecule has 2 heterocycles. The van der Waals surface area contributed by atoms with Gasteiger partial charge in [-0.2, -0.15) is 0 Å². The standard InChI is InChI=1S/C22H22ClN3O2/c1-26-20(27)22(25-21(26)24)12-17(9-13-5-6-13)28-19-8-7-15(11-18(19)22)14-3-2-4-16(23)10-14/h2-4,7-8,10-11,13,17H,5-6,9,12H2,1H3,(H2,24,25)/t17-,22-/m0/s1. The van der Waals surface area contributed by atoms with E-state index < -0.39 is 5.54 Å². The average molecular weight is 396 g/mol. The Kier molecular flexibility index (Phi) is 3.91. The van der Waals surface area contributed by atoms with Gasteiger partial charge in [0.15, 0.2) is 11.5 Å². The Labute approximate surface area is 169 Å². The third kappa shape index (κ3) is 2.76. The van der Waals surface area contributed by atoms with Crippen molar-refractivity contribution < 1.29 is 9.53 Å². The number of hydrogen-bond acceptors (Lipinski definition) is 4. The highest BCUT2D eigenvalue weighted by Crippen LogP contribution is 2.49. The van der Waals surface area contributed by atoms with E-state index in [2.05, 4.69) is 4.99 Å². The zero-order valence-electron chi connectivity index (χ0n) is 15.7. The Morgan fingerprint density at radius 3 is 2.71 bits per heavy atom. The molecule has 1 saturated carbocycles. The van der Waals surface area contributed by atoms with Gasteiger partial charge in [0.2, 0.25) is 0 Å². The molecule has 0 radical (unpaired) electrons. The van der Waals surface area contributed by atoms with E-state index in [1.54, 1.807) is 7.05 Å². The van der Waals surface area contributed by atoms with E-state index >= 15 is 0 Å². The van der Waals surface area contributed by atoms with Crippen molar-refractivity contribution in [2.24, 2.45) is 16.6 Å². The molecule has 144 valence electrons. The van der Waals surface area contributed by atoms with E-state index in [1.165, 1.54) is 17.7 Å².